The number of carbonyl (C=O) groups is 1. The van der Waals surface area contributed by atoms with Crippen LogP contribution in [0, 0.1) is 5.92 Å². The Hall–Kier alpha value is -1.07. The van der Waals surface area contributed by atoms with E-state index in [1.54, 1.807) is 12.1 Å². The number of ether oxygens (including phenoxy) is 1. The summed E-state index contributed by atoms with van der Waals surface area (Å²) in [6.07, 6.45) is 0. The fourth-order valence-corrected chi connectivity index (χ4v) is 1.68. The molecule has 0 spiro atoms. The highest BCUT2D eigenvalue weighted by molar-refractivity contribution is 9.10. The highest BCUT2D eigenvalue weighted by atomic mass is 79.9. The van der Waals surface area contributed by atoms with E-state index >= 15 is 0 Å². The van der Waals surface area contributed by atoms with Gasteiger partial charge in [-0.15, -0.1) is 0 Å². The zero-order valence-corrected chi connectivity index (χ0v) is 12.1. The van der Waals surface area contributed by atoms with E-state index in [1.165, 1.54) is 0 Å². The maximum Gasteiger partial charge on any atom is 0.258 e. The average Bonchev–Trinajstić information content (AvgIpc) is 2.35. The first-order chi connectivity index (χ1) is 8.52. The van der Waals surface area contributed by atoms with Crippen molar-refractivity contribution in [1.29, 1.82) is 0 Å². The Labute approximate surface area is 115 Å². The van der Waals surface area contributed by atoms with Gasteiger partial charge >= 0.3 is 0 Å². The van der Waals surface area contributed by atoms with Gasteiger partial charge in [-0.3, -0.25) is 4.79 Å². The van der Waals surface area contributed by atoms with Gasteiger partial charge in [0.1, 0.15) is 5.75 Å². The van der Waals surface area contributed by atoms with Crippen LogP contribution in [0.1, 0.15) is 13.8 Å². The lowest BCUT2D eigenvalue weighted by molar-refractivity contribution is -0.124. The average molecular weight is 316 g/mol. The maximum absolute atomic E-state index is 11.6. The molecule has 0 aromatic heterocycles. The van der Waals surface area contributed by atoms with Gasteiger partial charge in [0.25, 0.3) is 5.91 Å². The third-order valence-corrected chi connectivity index (χ3v) is 3.19. The number of hydrogen-bond acceptors (Lipinski definition) is 3. The third-order valence-electron chi connectivity index (χ3n) is 2.70. The standard InChI is InChI=1S/C13H18BrNO3/c1-9(7-16)10(2)15-13(17)8-18-12-5-3-4-11(14)6-12/h3-6,9-10,16H,7-8H2,1-2H3,(H,15,17). The normalized spacial score (nSPS) is 13.8. The predicted molar refractivity (Wildman–Crippen MR) is 73.5 cm³/mol. The summed E-state index contributed by atoms with van der Waals surface area (Å²) < 4.78 is 6.26. The summed E-state index contributed by atoms with van der Waals surface area (Å²) in [5.74, 6) is 0.477. The number of aliphatic hydroxyl groups is 1. The molecule has 2 N–H and O–H groups in total. The van der Waals surface area contributed by atoms with Crippen LogP contribution in [0.3, 0.4) is 0 Å². The second-order valence-corrected chi connectivity index (χ2v) is 5.18. The Morgan fingerprint density at radius 1 is 1.50 bits per heavy atom. The van der Waals surface area contributed by atoms with Crippen molar-refractivity contribution >= 4 is 21.8 Å². The number of hydrogen-bond donors (Lipinski definition) is 2. The van der Waals surface area contributed by atoms with Gasteiger partial charge in [0.05, 0.1) is 0 Å². The summed E-state index contributed by atoms with van der Waals surface area (Å²) in [6.45, 7) is 3.75. The maximum atomic E-state index is 11.6. The molecule has 0 heterocycles. The molecule has 5 heteroatoms. The van der Waals surface area contributed by atoms with Crippen molar-refractivity contribution < 1.29 is 14.6 Å². The number of halogens is 1. The van der Waals surface area contributed by atoms with Crippen LogP contribution in [0.5, 0.6) is 5.75 Å². The predicted octanol–water partition coefficient (Wildman–Crippen LogP) is 1.96. The van der Waals surface area contributed by atoms with E-state index in [9.17, 15) is 4.79 Å². The van der Waals surface area contributed by atoms with Crippen molar-refractivity contribution in [1.82, 2.24) is 5.32 Å². The van der Waals surface area contributed by atoms with Crippen LogP contribution >= 0.6 is 15.9 Å². The lowest BCUT2D eigenvalue weighted by Crippen LogP contribution is -2.40. The molecule has 100 valence electrons. The lowest BCUT2D eigenvalue weighted by atomic mass is 10.1. The molecule has 0 aliphatic heterocycles. The number of aliphatic hydroxyl groups excluding tert-OH is 1. The summed E-state index contributed by atoms with van der Waals surface area (Å²) in [7, 11) is 0. The number of benzene rings is 1. The quantitative estimate of drug-likeness (QED) is 0.843. The molecule has 2 unspecified atom stereocenters. The molecule has 0 fully saturated rings. The van der Waals surface area contributed by atoms with Gasteiger partial charge in [-0.05, 0) is 31.0 Å². The molecule has 1 rings (SSSR count). The van der Waals surface area contributed by atoms with E-state index in [2.05, 4.69) is 21.2 Å². The molecule has 18 heavy (non-hydrogen) atoms. The highest BCUT2D eigenvalue weighted by Gasteiger charge is 2.14. The molecule has 0 radical (unpaired) electrons. The molecule has 1 amide bonds. The molecule has 0 bridgehead atoms. The molecule has 0 saturated heterocycles. The smallest absolute Gasteiger partial charge is 0.258 e. The van der Waals surface area contributed by atoms with Gasteiger partial charge < -0.3 is 15.2 Å². The van der Waals surface area contributed by atoms with Gasteiger partial charge in [0.2, 0.25) is 0 Å². The van der Waals surface area contributed by atoms with Crippen LogP contribution in [0.25, 0.3) is 0 Å². The fraction of sp³-hybridized carbons (Fsp3) is 0.462. The number of nitrogens with one attached hydrogen (secondary N) is 1. The van der Waals surface area contributed by atoms with Gasteiger partial charge in [0, 0.05) is 17.1 Å². The Kier molecular flexibility index (Phi) is 6.15. The van der Waals surface area contributed by atoms with Crippen LogP contribution < -0.4 is 10.1 Å². The van der Waals surface area contributed by atoms with Crippen LogP contribution in [-0.4, -0.2) is 30.3 Å². The van der Waals surface area contributed by atoms with Crippen LogP contribution in [0.4, 0.5) is 0 Å². The van der Waals surface area contributed by atoms with Crippen molar-refractivity contribution in [2.24, 2.45) is 5.92 Å². The van der Waals surface area contributed by atoms with Crippen molar-refractivity contribution in [2.45, 2.75) is 19.9 Å². The van der Waals surface area contributed by atoms with Gasteiger partial charge in [-0.2, -0.15) is 0 Å². The Balaban J connectivity index is 2.37. The minimum Gasteiger partial charge on any atom is -0.484 e. The van der Waals surface area contributed by atoms with Crippen molar-refractivity contribution in [3.05, 3.63) is 28.7 Å². The van der Waals surface area contributed by atoms with Crippen LogP contribution in [0.15, 0.2) is 28.7 Å². The minimum absolute atomic E-state index is 0.0276. The van der Waals surface area contributed by atoms with E-state index in [4.69, 9.17) is 9.84 Å². The lowest BCUT2D eigenvalue weighted by Gasteiger charge is -2.19. The van der Waals surface area contributed by atoms with E-state index < -0.39 is 0 Å². The van der Waals surface area contributed by atoms with Gasteiger partial charge in [-0.25, -0.2) is 0 Å². The first-order valence-corrected chi connectivity index (χ1v) is 6.61. The zero-order valence-electron chi connectivity index (χ0n) is 10.5. The van der Waals surface area contributed by atoms with Crippen LogP contribution in [-0.2, 0) is 4.79 Å². The fourth-order valence-electron chi connectivity index (χ4n) is 1.30. The number of carbonyl (C=O) groups excluding carboxylic acids is 1. The SMILES string of the molecule is CC(CO)C(C)NC(=O)COc1cccc(Br)c1. The molecule has 0 saturated carbocycles. The topological polar surface area (TPSA) is 58.6 Å². The Morgan fingerprint density at radius 2 is 2.22 bits per heavy atom. The summed E-state index contributed by atoms with van der Waals surface area (Å²) in [6, 6.07) is 7.24. The summed E-state index contributed by atoms with van der Waals surface area (Å²) in [5, 5.41) is 11.7. The second-order valence-electron chi connectivity index (χ2n) is 4.26. The first kappa shape index (κ1) is 15.0. The Morgan fingerprint density at radius 3 is 2.83 bits per heavy atom. The monoisotopic (exact) mass is 315 g/mol. The van der Waals surface area contributed by atoms with E-state index in [-0.39, 0.29) is 31.1 Å². The number of rotatable bonds is 6. The molecule has 2 atom stereocenters. The molecule has 1 aromatic carbocycles. The molecule has 0 aliphatic carbocycles. The summed E-state index contributed by atoms with van der Waals surface area (Å²) in [5.41, 5.74) is 0. The van der Waals surface area contributed by atoms with Gasteiger partial charge in [-0.1, -0.05) is 28.9 Å². The van der Waals surface area contributed by atoms with E-state index in [1.807, 2.05) is 26.0 Å². The van der Waals surface area contributed by atoms with Crippen molar-refractivity contribution in [3.63, 3.8) is 0 Å². The van der Waals surface area contributed by atoms with Crippen LogP contribution in [0.2, 0.25) is 0 Å². The zero-order chi connectivity index (χ0) is 13.5. The molecule has 4 nitrogen and oxygen atoms in total. The largest absolute Gasteiger partial charge is 0.484 e. The second kappa shape index (κ2) is 7.38. The van der Waals surface area contributed by atoms with E-state index in [0.717, 1.165) is 4.47 Å². The molecule has 1 aromatic rings. The van der Waals surface area contributed by atoms with Crippen molar-refractivity contribution in [2.75, 3.05) is 13.2 Å². The summed E-state index contributed by atoms with van der Waals surface area (Å²) in [4.78, 5) is 11.6. The highest BCUT2D eigenvalue weighted by Crippen LogP contribution is 2.17. The molecular weight excluding hydrogens is 298 g/mol. The van der Waals surface area contributed by atoms with Crippen molar-refractivity contribution in [3.8, 4) is 5.75 Å². The van der Waals surface area contributed by atoms with Gasteiger partial charge in [0.15, 0.2) is 6.61 Å². The van der Waals surface area contributed by atoms with E-state index in [0.29, 0.717) is 5.75 Å². The number of amides is 1. The minimum atomic E-state index is -0.192. The third kappa shape index (κ3) is 5.06. The molecular formula is C13H18BrNO3. The summed E-state index contributed by atoms with van der Waals surface area (Å²) >= 11 is 3.33. The first-order valence-electron chi connectivity index (χ1n) is 5.81. The molecule has 0 aliphatic rings. The Bertz CT molecular complexity index is 398.